The van der Waals surface area contributed by atoms with Crippen molar-refractivity contribution >= 4 is 67.0 Å². The standard InChI is InChI=1S/C25H26ClN5O4S/c1-35-11-10-31-20-5-2-15(21(33)6-7-23(34)30-9-8-17(32)14-30)12-19(20)27-24(31)29-25-28-18-4-3-16(26)13-22(18)36-25/h2-5,12-13,17,32H,6-11,14H2,1H3,(H,27,28,29)/t17-/m1/s1. The van der Waals surface area contributed by atoms with Crippen LogP contribution in [0.1, 0.15) is 29.6 Å². The second-order valence-corrected chi connectivity index (χ2v) is 10.2. The third kappa shape index (κ3) is 5.22. The summed E-state index contributed by atoms with van der Waals surface area (Å²) in [4.78, 5) is 36.2. The maximum atomic E-state index is 12.8. The van der Waals surface area contributed by atoms with Crippen molar-refractivity contribution in [1.82, 2.24) is 19.4 Å². The zero-order valence-electron chi connectivity index (χ0n) is 19.7. The first kappa shape index (κ1) is 24.6. The largest absolute Gasteiger partial charge is 0.391 e. The van der Waals surface area contributed by atoms with Crippen molar-refractivity contribution in [2.45, 2.75) is 31.9 Å². The summed E-state index contributed by atoms with van der Waals surface area (Å²) in [6.07, 6.45) is 0.355. The first-order valence-electron chi connectivity index (χ1n) is 11.7. The molecule has 4 aromatic rings. The normalized spacial score (nSPS) is 15.8. The summed E-state index contributed by atoms with van der Waals surface area (Å²) in [5.41, 5.74) is 2.88. The molecule has 2 aromatic heterocycles. The van der Waals surface area contributed by atoms with Crippen LogP contribution in [-0.2, 0) is 16.1 Å². The molecule has 0 aliphatic carbocycles. The number of methoxy groups -OCH3 is 1. The van der Waals surface area contributed by atoms with Gasteiger partial charge in [0.2, 0.25) is 11.9 Å². The number of imidazole rings is 1. The van der Waals surface area contributed by atoms with Gasteiger partial charge in [-0.25, -0.2) is 9.97 Å². The fourth-order valence-corrected chi connectivity index (χ4v) is 5.48. The number of ketones is 1. The molecule has 2 aromatic carbocycles. The molecule has 0 saturated carbocycles. The summed E-state index contributed by atoms with van der Waals surface area (Å²) in [7, 11) is 1.64. The number of thiazole rings is 1. The van der Waals surface area contributed by atoms with Crippen molar-refractivity contribution in [2.75, 3.05) is 32.1 Å². The van der Waals surface area contributed by atoms with E-state index in [0.29, 0.717) is 59.8 Å². The van der Waals surface area contributed by atoms with E-state index in [1.807, 2.05) is 28.8 Å². The Morgan fingerprint density at radius 3 is 2.83 bits per heavy atom. The highest BCUT2D eigenvalue weighted by Gasteiger charge is 2.25. The first-order valence-corrected chi connectivity index (χ1v) is 12.9. The molecule has 188 valence electrons. The van der Waals surface area contributed by atoms with Gasteiger partial charge in [-0.05, 0) is 42.8 Å². The number of aromatic nitrogens is 3. The Morgan fingerprint density at radius 2 is 2.06 bits per heavy atom. The number of anilines is 2. The van der Waals surface area contributed by atoms with E-state index >= 15 is 0 Å². The molecule has 5 rings (SSSR count). The Morgan fingerprint density at radius 1 is 1.19 bits per heavy atom. The summed E-state index contributed by atoms with van der Waals surface area (Å²) >= 11 is 7.59. The van der Waals surface area contributed by atoms with Crippen LogP contribution in [-0.4, -0.2) is 69.1 Å². The van der Waals surface area contributed by atoms with Crippen LogP contribution in [0.25, 0.3) is 21.3 Å². The van der Waals surface area contributed by atoms with Crippen LogP contribution < -0.4 is 5.32 Å². The van der Waals surface area contributed by atoms with Gasteiger partial charge in [0, 0.05) is 50.2 Å². The van der Waals surface area contributed by atoms with E-state index in [1.54, 1.807) is 24.1 Å². The lowest BCUT2D eigenvalue weighted by molar-refractivity contribution is -0.130. The minimum atomic E-state index is -0.469. The number of rotatable bonds is 9. The molecule has 3 heterocycles. The van der Waals surface area contributed by atoms with Crippen molar-refractivity contribution in [3.8, 4) is 0 Å². The molecule has 0 unspecified atom stereocenters. The predicted octanol–water partition coefficient (Wildman–Crippen LogP) is 4.25. The van der Waals surface area contributed by atoms with Gasteiger partial charge in [0.25, 0.3) is 0 Å². The fourth-order valence-electron chi connectivity index (χ4n) is 4.35. The highest BCUT2D eigenvalue weighted by atomic mass is 35.5. The zero-order chi connectivity index (χ0) is 25.2. The predicted molar refractivity (Wildman–Crippen MR) is 140 cm³/mol. The lowest BCUT2D eigenvalue weighted by Gasteiger charge is -2.15. The van der Waals surface area contributed by atoms with Gasteiger partial charge in [0.1, 0.15) is 0 Å². The molecule has 1 aliphatic heterocycles. The monoisotopic (exact) mass is 527 g/mol. The smallest absolute Gasteiger partial charge is 0.223 e. The number of amides is 1. The van der Waals surface area contributed by atoms with Crippen LogP contribution in [0, 0.1) is 0 Å². The number of nitrogens with zero attached hydrogens (tertiary/aromatic N) is 4. The molecule has 2 N–H and O–H groups in total. The van der Waals surface area contributed by atoms with E-state index in [4.69, 9.17) is 21.3 Å². The Labute approximate surface area is 216 Å². The van der Waals surface area contributed by atoms with Gasteiger partial charge in [0.05, 0.1) is 34.0 Å². The van der Waals surface area contributed by atoms with E-state index in [9.17, 15) is 14.7 Å². The molecule has 1 fully saturated rings. The summed E-state index contributed by atoms with van der Waals surface area (Å²) in [6, 6.07) is 11.0. The number of hydrogen-bond acceptors (Lipinski definition) is 8. The third-order valence-corrected chi connectivity index (χ3v) is 7.41. The van der Waals surface area contributed by atoms with Gasteiger partial charge in [-0.2, -0.15) is 0 Å². The van der Waals surface area contributed by atoms with Crippen molar-refractivity contribution < 1.29 is 19.4 Å². The maximum Gasteiger partial charge on any atom is 0.223 e. The third-order valence-electron chi connectivity index (χ3n) is 6.24. The number of aliphatic hydroxyl groups excluding tert-OH is 1. The van der Waals surface area contributed by atoms with Gasteiger partial charge in [0.15, 0.2) is 10.9 Å². The molecule has 0 bridgehead atoms. The average molecular weight is 528 g/mol. The van der Waals surface area contributed by atoms with Crippen molar-refractivity contribution in [2.24, 2.45) is 0 Å². The number of halogens is 1. The molecule has 1 aliphatic rings. The van der Waals surface area contributed by atoms with Crippen LogP contribution in [0.3, 0.4) is 0 Å². The molecule has 1 saturated heterocycles. The number of carbonyl (C=O) groups is 2. The summed E-state index contributed by atoms with van der Waals surface area (Å²) in [5.74, 6) is 0.377. The molecule has 11 heteroatoms. The molecular weight excluding hydrogens is 502 g/mol. The van der Waals surface area contributed by atoms with Gasteiger partial charge in [-0.3, -0.25) is 9.59 Å². The Balaban J connectivity index is 1.36. The second kappa shape index (κ2) is 10.5. The number of benzene rings is 2. The SMILES string of the molecule is COCCn1c(Nc2nc3ccc(Cl)cc3s2)nc2cc(C(=O)CCC(=O)N3CC[C@@H](O)C3)ccc21. The molecule has 0 spiro atoms. The highest BCUT2D eigenvalue weighted by molar-refractivity contribution is 7.22. The number of carbonyl (C=O) groups excluding carboxylic acids is 2. The van der Waals surface area contributed by atoms with E-state index < -0.39 is 6.10 Å². The quantitative estimate of drug-likeness (QED) is 0.313. The summed E-state index contributed by atoms with van der Waals surface area (Å²) in [6.45, 7) is 1.94. The van der Waals surface area contributed by atoms with Gasteiger partial charge < -0.3 is 24.6 Å². The molecule has 0 radical (unpaired) electrons. The van der Waals surface area contributed by atoms with Crippen LogP contribution >= 0.6 is 22.9 Å². The lowest BCUT2D eigenvalue weighted by atomic mass is 10.1. The fraction of sp³-hybridized carbons (Fsp3) is 0.360. The van der Waals surface area contributed by atoms with Gasteiger partial charge in [-0.15, -0.1) is 0 Å². The number of aliphatic hydroxyl groups is 1. The van der Waals surface area contributed by atoms with E-state index in [-0.39, 0.29) is 24.5 Å². The lowest BCUT2D eigenvalue weighted by Crippen LogP contribution is -2.29. The van der Waals surface area contributed by atoms with E-state index in [2.05, 4.69) is 10.3 Å². The Kier molecular flexibility index (Phi) is 7.20. The van der Waals surface area contributed by atoms with E-state index in [0.717, 1.165) is 15.7 Å². The van der Waals surface area contributed by atoms with Crippen LogP contribution in [0.2, 0.25) is 5.02 Å². The van der Waals surface area contributed by atoms with Crippen LogP contribution in [0.5, 0.6) is 0 Å². The molecular formula is C25H26ClN5O4S. The number of likely N-dealkylation sites (tertiary alicyclic amines) is 1. The number of ether oxygens (including phenoxy) is 1. The molecule has 1 atom stereocenters. The number of nitrogens with one attached hydrogen (secondary N) is 1. The average Bonchev–Trinajstić information content (AvgIpc) is 3.56. The topological polar surface area (TPSA) is 110 Å². The van der Waals surface area contributed by atoms with E-state index in [1.165, 1.54) is 11.3 Å². The van der Waals surface area contributed by atoms with Crippen molar-refractivity contribution in [3.05, 3.63) is 47.0 Å². The van der Waals surface area contributed by atoms with Crippen LogP contribution in [0.15, 0.2) is 36.4 Å². The zero-order valence-corrected chi connectivity index (χ0v) is 21.3. The minimum absolute atomic E-state index is 0.103. The van der Waals surface area contributed by atoms with Crippen LogP contribution in [0.4, 0.5) is 11.1 Å². The highest BCUT2D eigenvalue weighted by Crippen LogP contribution is 2.31. The number of hydrogen-bond donors (Lipinski definition) is 2. The molecule has 9 nitrogen and oxygen atoms in total. The first-order chi connectivity index (χ1) is 17.4. The Bertz CT molecular complexity index is 1430. The molecule has 1 amide bonds. The maximum absolute atomic E-state index is 12.8. The number of Topliss-reactive ketones (excluding diaryl/α,β-unsaturated/α-hetero) is 1. The van der Waals surface area contributed by atoms with Gasteiger partial charge >= 0.3 is 0 Å². The van der Waals surface area contributed by atoms with Crippen molar-refractivity contribution in [1.29, 1.82) is 0 Å². The van der Waals surface area contributed by atoms with Crippen molar-refractivity contribution in [3.63, 3.8) is 0 Å². The second-order valence-electron chi connectivity index (χ2n) is 8.74. The summed E-state index contributed by atoms with van der Waals surface area (Å²) in [5, 5.41) is 14.3. The summed E-state index contributed by atoms with van der Waals surface area (Å²) < 4.78 is 8.25. The van der Waals surface area contributed by atoms with Gasteiger partial charge in [-0.1, -0.05) is 22.9 Å². The number of fused-ring (bicyclic) bond motifs is 2. The number of β-amino-alcohol motifs (C(OH)–C–C–N with tert-alkyl or cyclic N) is 1. The molecule has 36 heavy (non-hydrogen) atoms. The minimum Gasteiger partial charge on any atom is -0.391 e. The Hall–Kier alpha value is -3.05.